The zero-order chi connectivity index (χ0) is 36.7. The van der Waals surface area contributed by atoms with Gasteiger partial charge in [0.25, 0.3) is 0 Å². The number of hydrogen-bond donors (Lipinski definition) is 2. The van der Waals surface area contributed by atoms with Crippen LogP contribution in [-0.4, -0.2) is 104 Å². The summed E-state index contributed by atoms with van der Waals surface area (Å²) in [5.74, 6) is -2.54. The van der Waals surface area contributed by atoms with E-state index in [1.54, 1.807) is 0 Å². The first-order valence-electron chi connectivity index (χ1n) is 17.3. The molecule has 3 rings (SSSR count). The molecule has 3 aliphatic rings. The summed E-state index contributed by atoms with van der Waals surface area (Å²) >= 11 is 0. The van der Waals surface area contributed by atoms with E-state index < -0.39 is 85.3 Å². The second kappa shape index (κ2) is 17.9. The summed E-state index contributed by atoms with van der Waals surface area (Å²) in [6.07, 6.45) is -6.43. The normalized spacial score (nSPS) is 39.3. The van der Waals surface area contributed by atoms with Crippen LogP contribution in [0.2, 0.25) is 0 Å². The highest BCUT2D eigenvalue weighted by atomic mass is 16.8. The Balaban J connectivity index is 2.01. The number of ether oxygens (including phenoxy) is 8. The Bertz CT molecular complexity index is 1170. The van der Waals surface area contributed by atoms with Gasteiger partial charge >= 0.3 is 17.9 Å². The zero-order valence-electron chi connectivity index (χ0n) is 30.6. The number of nitrogens with one attached hydrogen (secondary N) is 2. The van der Waals surface area contributed by atoms with Gasteiger partial charge < -0.3 is 48.5 Å². The molecule has 2 N–H and O–H groups in total. The van der Waals surface area contributed by atoms with E-state index in [9.17, 15) is 24.0 Å². The van der Waals surface area contributed by atoms with Crippen LogP contribution < -0.4 is 10.6 Å². The number of amides is 2. The minimum atomic E-state index is -1.43. The Morgan fingerprint density at radius 3 is 1.59 bits per heavy atom. The van der Waals surface area contributed by atoms with Crippen LogP contribution in [0.5, 0.6) is 0 Å². The number of carbonyl (C=O) groups is 5. The standard InChI is InChI=1S/C34H56N2O13/c1-12-24-16(4)15(3)17(5)32(45-24)48-29-18(6)27(35-19(7)37)33(46-25(29)13-2)49-30-26(14-42-21(9)39)47-34(44-23(11)41)28(36-20(8)38)31(30)43-22(10)40/h15-18,24-34H,12-14H2,1-11H3,(H,35,37)(H,36,38)/t15-,16+,17?,18+,24?,25?,26?,27?,28?,29+,30-,31+,32-,33-,34+/m0/s1. The summed E-state index contributed by atoms with van der Waals surface area (Å²) in [5.41, 5.74) is 0. The number of carbonyl (C=O) groups excluding carboxylic acids is 5. The fourth-order valence-corrected chi connectivity index (χ4v) is 7.02. The predicted molar refractivity (Wildman–Crippen MR) is 172 cm³/mol. The van der Waals surface area contributed by atoms with Crippen LogP contribution in [0, 0.1) is 23.7 Å². The first-order chi connectivity index (χ1) is 23.0. The molecule has 15 nitrogen and oxygen atoms in total. The summed E-state index contributed by atoms with van der Waals surface area (Å²) in [6.45, 7) is 18.2. The predicted octanol–water partition coefficient (Wildman–Crippen LogP) is 2.36. The lowest BCUT2D eigenvalue weighted by Crippen LogP contribution is -2.69. The first-order valence-corrected chi connectivity index (χ1v) is 17.3. The lowest BCUT2D eigenvalue weighted by molar-refractivity contribution is -0.342. The highest BCUT2D eigenvalue weighted by Gasteiger charge is 2.55. The summed E-state index contributed by atoms with van der Waals surface area (Å²) < 4.78 is 48.7. The van der Waals surface area contributed by atoms with Crippen molar-refractivity contribution in [3.63, 3.8) is 0 Å². The molecule has 0 aromatic heterocycles. The lowest BCUT2D eigenvalue weighted by Gasteiger charge is -2.51. The maximum atomic E-state index is 12.6. The van der Waals surface area contributed by atoms with Crippen molar-refractivity contribution in [2.45, 2.75) is 157 Å². The largest absolute Gasteiger partial charge is 0.463 e. The molecule has 15 atom stereocenters. The van der Waals surface area contributed by atoms with E-state index in [0.29, 0.717) is 18.3 Å². The molecule has 3 heterocycles. The molecule has 0 aromatic rings. The Labute approximate surface area is 289 Å². The summed E-state index contributed by atoms with van der Waals surface area (Å²) in [5, 5.41) is 5.58. The van der Waals surface area contributed by atoms with Gasteiger partial charge in [0.05, 0.1) is 24.4 Å². The monoisotopic (exact) mass is 700 g/mol. The molecule has 3 saturated heterocycles. The van der Waals surface area contributed by atoms with E-state index >= 15 is 0 Å². The van der Waals surface area contributed by atoms with Gasteiger partial charge in [-0.2, -0.15) is 0 Å². The van der Waals surface area contributed by atoms with E-state index in [1.165, 1.54) is 27.7 Å². The van der Waals surface area contributed by atoms with E-state index in [-0.39, 0.29) is 30.5 Å². The zero-order valence-corrected chi connectivity index (χ0v) is 30.6. The van der Waals surface area contributed by atoms with Gasteiger partial charge in [-0.1, -0.05) is 41.5 Å². The molecule has 49 heavy (non-hydrogen) atoms. The van der Waals surface area contributed by atoms with Crippen molar-refractivity contribution in [1.29, 1.82) is 0 Å². The molecule has 15 heteroatoms. The average Bonchev–Trinajstić information content (AvgIpc) is 3.00. The van der Waals surface area contributed by atoms with Crippen LogP contribution in [-0.2, 0) is 61.9 Å². The van der Waals surface area contributed by atoms with Crippen molar-refractivity contribution in [3.05, 3.63) is 0 Å². The molecule has 3 aliphatic heterocycles. The molecule has 0 aliphatic carbocycles. The molecular weight excluding hydrogens is 644 g/mol. The van der Waals surface area contributed by atoms with Gasteiger partial charge in [-0.25, -0.2) is 0 Å². The van der Waals surface area contributed by atoms with Gasteiger partial charge in [-0.05, 0) is 24.7 Å². The average molecular weight is 701 g/mol. The fourth-order valence-electron chi connectivity index (χ4n) is 7.02. The molecule has 280 valence electrons. The third-order valence-corrected chi connectivity index (χ3v) is 9.85. The van der Waals surface area contributed by atoms with Crippen LogP contribution in [0.1, 0.15) is 89.0 Å². The van der Waals surface area contributed by atoms with Gasteiger partial charge in [0.15, 0.2) is 18.7 Å². The van der Waals surface area contributed by atoms with Gasteiger partial charge in [0, 0.05) is 46.5 Å². The third-order valence-electron chi connectivity index (χ3n) is 9.85. The summed E-state index contributed by atoms with van der Waals surface area (Å²) in [7, 11) is 0. The van der Waals surface area contributed by atoms with Crippen LogP contribution >= 0.6 is 0 Å². The molecular formula is C34H56N2O13. The van der Waals surface area contributed by atoms with E-state index in [1.807, 2.05) is 13.8 Å². The smallest absolute Gasteiger partial charge is 0.305 e. The van der Waals surface area contributed by atoms with Crippen LogP contribution in [0.25, 0.3) is 0 Å². The van der Waals surface area contributed by atoms with Crippen molar-refractivity contribution in [2.24, 2.45) is 23.7 Å². The highest BCUT2D eigenvalue weighted by molar-refractivity contribution is 5.74. The van der Waals surface area contributed by atoms with Crippen molar-refractivity contribution in [3.8, 4) is 0 Å². The van der Waals surface area contributed by atoms with Gasteiger partial charge in [-0.3, -0.25) is 24.0 Å². The maximum Gasteiger partial charge on any atom is 0.305 e. The lowest BCUT2D eigenvalue weighted by atomic mass is 9.78. The number of esters is 3. The molecule has 0 bridgehead atoms. The van der Waals surface area contributed by atoms with E-state index in [2.05, 4.69) is 38.3 Å². The molecule has 0 saturated carbocycles. The minimum absolute atomic E-state index is 0.0318. The number of rotatable bonds is 12. The fraction of sp³-hybridized carbons (Fsp3) is 0.853. The third kappa shape index (κ3) is 10.3. The van der Waals surface area contributed by atoms with Crippen LogP contribution in [0.3, 0.4) is 0 Å². The van der Waals surface area contributed by atoms with Crippen molar-refractivity contribution in [2.75, 3.05) is 6.61 Å². The maximum absolute atomic E-state index is 12.6. The molecule has 0 aromatic carbocycles. The van der Waals surface area contributed by atoms with Crippen molar-refractivity contribution >= 4 is 29.7 Å². The Morgan fingerprint density at radius 2 is 1.06 bits per heavy atom. The van der Waals surface area contributed by atoms with E-state index in [4.69, 9.17) is 37.9 Å². The Hall–Kier alpha value is -2.85. The molecule has 0 spiro atoms. The number of hydrogen-bond acceptors (Lipinski definition) is 13. The van der Waals surface area contributed by atoms with E-state index in [0.717, 1.165) is 13.3 Å². The summed E-state index contributed by atoms with van der Waals surface area (Å²) in [4.78, 5) is 61.3. The quantitative estimate of drug-likeness (QED) is 0.224. The summed E-state index contributed by atoms with van der Waals surface area (Å²) in [6, 6.07) is -2.00. The SMILES string of the molecule is CCC1O[C@@H](O[C@H]2C(CC)O[C@@H](O[C@H]3C(COC(C)=O)O[C@@H](OC(C)=O)C(NC(C)=O)[C@H]3OC(C)=O)C(NC(C)=O)[C@H]2C)C(C)[C@@H](C)[C@H]1C. The topological polar surface area (TPSA) is 183 Å². The molecule has 0 radical (unpaired) electrons. The van der Waals surface area contributed by atoms with Crippen molar-refractivity contribution in [1.82, 2.24) is 10.6 Å². The highest BCUT2D eigenvalue weighted by Crippen LogP contribution is 2.40. The second-order valence-electron chi connectivity index (χ2n) is 13.5. The van der Waals surface area contributed by atoms with Crippen LogP contribution in [0.15, 0.2) is 0 Å². The van der Waals surface area contributed by atoms with Gasteiger partial charge in [0.1, 0.15) is 24.9 Å². The Kier molecular flexibility index (Phi) is 14.8. The second-order valence-corrected chi connectivity index (χ2v) is 13.5. The van der Waals surface area contributed by atoms with Crippen LogP contribution in [0.4, 0.5) is 0 Å². The molecule has 6 unspecified atom stereocenters. The molecule has 3 fully saturated rings. The minimum Gasteiger partial charge on any atom is -0.463 e. The van der Waals surface area contributed by atoms with Crippen molar-refractivity contribution < 1.29 is 61.9 Å². The first kappa shape index (κ1) is 40.6. The van der Waals surface area contributed by atoms with Gasteiger partial charge in [0.2, 0.25) is 18.1 Å². The van der Waals surface area contributed by atoms with Gasteiger partial charge in [-0.15, -0.1) is 0 Å². The Morgan fingerprint density at radius 1 is 0.531 bits per heavy atom. The molecule has 2 amide bonds.